The smallest absolute Gasteiger partial charge is 0.462 e. The minimum Gasteiger partial charge on any atom is -0.462 e. The van der Waals surface area contributed by atoms with Crippen LogP contribution in [0.4, 0.5) is 0 Å². The van der Waals surface area contributed by atoms with Crippen molar-refractivity contribution in [3.63, 3.8) is 0 Å². The minimum atomic E-state index is -4.64. The van der Waals surface area contributed by atoms with Crippen molar-refractivity contribution in [2.75, 3.05) is 26.4 Å². The summed E-state index contributed by atoms with van der Waals surface area (Å²) >= 11 is 0. The molecule has 3 N–H and O–H groups in total. The monoisotopic (exact) mass is 823 g/mol. The van der Waals surface area contributed by atoms with Crippen LogP contribution in [0.1, 0.15) is 168 Å². The highest BCUT2D eigenvalue weighted by atomic mass is 31.2. The van der Waals surface area contributed by atoms with E-state index < -0.39 is 51.8 Å². The lowest BCUT2D eigenvalue weighted by atomic mass is 10.1. The highest BCUT2D eigenvalue weighted by Crippen LogP contribution is 2.43. The fourth-order valence-corrected chi connectivity index (χ4v) is 6.22. The van der Waals surface area contributed by atoms with Crippen molar-refractivity contribution in [2.45, 2.75) is 180 Å². The molecule has 328 valence electrons. The van der Waals surface area contributed by atoms with Crippen LogP contribution in [0.2, 0.25) is 0 Å². The normalized spacial score (nSPS) is 14.5. The Labute approximate surface area is 346 Å². The van der Waals surface area contributed by atoms with E-state index >= 15 is 0 Å². The van der Waals surface area contributed by atoms with Gasteiger partial charge in [0.15, 0.2) is 6.10 Å². The van der Waals surface area contributed by atoms with Gasteiger partial charge in [0, 0.05) is 12.8 Å². The van der Waals surface area contributed by atoms with Crippen LogP contribution in [0.5, 0.6) is 0 Å². The van der Waals surface area contributed by atoms with Crippen LogP contribution in [0.25, 0.3) is 0 Å². The summed E-state index contributed by atoms with van der Waals surface area (Å²) < 4.78 is 32.6. The molecule has 0 saturated carbocycles. The number of hydrogen-bond acceptors (Lipinski definition) is 9. The predicted molar refractivity (Wildman–Crippen MR) is 233 cm³/mol. The molecule has 1 unspecified atom stereocenters. The van der Waals surface area contributed by atoms with Crippen LogP contribution in [-0.4, -0.2) is 65.7 Å². The molecule has 0 bridgehead atoms. The van der Waals surface area contributed by atoms with Crippen LogP contribution in [0.15, 0.2) is 72.9 Å². The Balaban J connectivity index is 4.43. The quantitative estimate of drug-likeness (QED) is 0.0236. The molecule has 57 heavy (non-hydrogen) atoms. The van der Waals surface area contributed by atoms with Gasteiger partial charge in [0.1, 0.15) is 12.7 Å². The number of carbonyl (C=O) groups is 2. The van der Waals surface area contributed by atoms with E-state index in [9.17, 15) is 24.2 Å². The van der Waals surface area contributed by atoms with Crippen molar-refractivity contribution >= 4 is 19.8 Å². The molecule has 0 aliphatic heterocycles. The average Bonchev–Trinajstić information content (AvgIpc) is 3.20. The van der Waals surface area contributed by atoms with E-state index in [1.807, 2.05) is 6.08 Å². The first-order valence-corrected chi connectivity index (χ1v) is 23.4. The van der Waals surface area contributed by atoms with Gasteiger partial charge in [-0.3, -0.25) is 18.6 Å². The molecular weight excluding hydrogens is 743 g/mol. The SMILES string of the molecule is CCC/C=C/C/C=C/C/C=C/C/C=C/CCCCCC(=O)O[C@H](COC(=O)CCC/C=C/C/C=C/CCCCCCCCCCC)COP(=O)(O)OC[C@@H](O)CO. The van der Waals surface area contributed by atoms with Gasteiger partial charge in [0.25, 0.3) is 0 Å². The van der Waals surface area contributed by atoms with Gasteiger partial charge < -0.3 is 24.6 Å². The number of aliphatic hydroxyl groups is 2. The largest absolute Gasteiger partial charge is 0.472 e. The van der Waals surface area contributed by atoms with E-state index in [0.29, 0.717) is 12.8 Å². The molecule has 0 aromatic rings. The highest BCUT2D eigenvalue weighted by Gasteiger charge is 2.27. The van der Waals surface area contributed by atoms with E-state index in [1.54, 1.807) is 0 Å². The highest BCUT2D eigenvalue weighted by molar-refractivity contribution is 7.47. The molecule has 0 radical (unpaired) electrons. The topological polar surface area (TPSA) is 149 Å². The molecule has 3 atom stereocenters. The van der Waals surface area contributed by atoms with Gasteiger partial charge in [-0.1, -0.05) is 151 Å². The lowest BCUT2D eigenvalue weighted by Crippen LogP contribution is -2.29. The molecular formula is C46H79O10P. The minimum absolute atomic E-state index is 0.134. The molecule has 10 nitrogen and oxygen atoms in total. The first-order valence-electron chi connectivity index (χ1n) is 21.9. The van der Waals surface area contributed by atoms with Gasteiger partial charge in [0.2, 0.25) is 0 Å². The molecule has 0 aliphatic carbocycles. The summed E-state index contributed by atoms with van der Waals surface area (Å²) in [4.78, 5) is 35.0. The zero-order valence-corrected chi connectivity index (χ0v) is 36.4. The second-order valence-electron chi connectivity index (χ2n) is 14.4. The van der Waals surface area contributed by atoms with Crippen molar-refractivity contribution in [1.29, 1.82) is 0 Å². The number of carbonyl (C=O) groups excluding carboxylic acids is 2. The molecule has 0 rings (SSSR count). The zero-order valence-electron chi connectivity index (χ0n) is 35.5. The van der Waals surface area contributed by atoms with Crippen LogP contribution >= 0.6 is 7.82 Å². The van der Waals surface area contributed by atoms with Gasteiger partial charge in [-0.2, -0.15) is 0 Å². The summed E-state index contributed by atoms with van der Waals surface area (Å²) in [6.45, 7) is 2.22. The fraction of sp³-hybridized carbons (Fsp3) is 0.696. The summed E-state index contributed by atoms with van der Waals surface area (Å²) in [6.07, 6.45) is 47.3. The maximum Gasteiger partial charge on any atom is 0.472 e. The number of unbranched alkanes of at least 4 members (excludes halogenated alkanes) is 14. The molecule has 0 spiro atoms. The Hall–Kier alpha value is -2.59. The molecule has 0 aromatic carbocycles. The summed E-state index contributed by atoms with van der Waals surface area (Å²) in [5.41, 5.74) is 0. The number of phosphoric ester groups is 1. The molecule has 0 heterocycles. The number of esters is 2. The summed E-state index contributed by atoms with van der Waals surface area (Å²) in [5.74, 6) is -1.02. The van der Waals surface area contributed by atoms with Crippen molar-refractivity contribution in [3.05, 3.63) is 72.9 Å². The van der Waals surface area contributed by atoms with Crippen molar-refractivity contribution in [1.82, 2.24) is 0 Å². The lowest BCUT2D eigenvalue weighted by molar-refractivity contribution is -0.161. The van der Waals surface area contributed by atoms with E-state index in [2.05, 4.69) is 85.2 Å². The Kier molecular flexibility index (Phi) is 39.7. The van der Waals surface area contributed by atoms with Crippen molar-refractivity contribution < 1.29 is 47.8 Å². The zero-order chi connectivity index (χ0) is 41.9. The Morgan fingerprint density at radius 1 is 0.526 bits per heavy atom. The second kappa shape index (κ2) is 41.6. The maximum absolute atomic E-state index is 12.6. The summed E-state index contributed by atoms with van der Waals surface area (Å²) in [7, 11) is -4.64. The second-order valence-corrected chi connectivity index (χ2v) is 15.8. The number of allylic oxidation sites excluding steroid dienone is 12. The number of aliphatic hydroxyl groups excluding tert-OH is 2. The summed E-state index contributed by atoms with van der Waals surface area (Å²) in [6, 6.07) is 0. The van der Waals surface area contributed by atoms with E-state index in [0.717, 1.165) is 64.2 Å². The Morgan fingerprint density at radius 3 is 1.49 bits per heavy atom. The lowest BCUT2D eigenvalue weighted by Gasteiger charge is -2.20. The number of ether oxygens (including phenoxy) is 2. The number of rotatable bonds is 40. The van der Waals surface area contributed by atoms with Gasteiger partial charge in [-0.25, -0.2) is 4.57 Å². The van der Waals surface area contributed by atoms with Crippen LogP contribution in [0.3, 0.4) is 0 Å². The molecule has 0 fully saturated rings. The Morgan fingerprint density at radius 2 is 0.965 bits per heavy atom. The van der Waals surface area contributed by atoms with E-state index in [1.165, 1.54) is 64.2 Å². The molecule has 0 amide bonds. The van der Waals surface area contributed by atoms with Gasteiger partial charge >= 0.3 is 19.8 Å². The average molecular weight is 823 g/mol. The first-order chi connectivity index (χ1) is 27.7. The summed E-state index contributed by atoms with van der Waals surface area (Å²) in [5, 5.41) is 18.3. The number of hydrogen-bond donors (Lipinski definition) is 3. The molecule has 11 heteroatoms. The Bertz CT molecular complexity index is 1180. The standard InChI is InChI=1S/C46H79O10P/c1-3-5-7-9-11-13-15-17-19-21-23-25-27-29-31-33-35-37-45(49)53-41-44(42-55-57(51,52)54-40-43(48)39-47)56-46(50)38-36-34-32-30-28-26-24-22-20-18-16-14-12-10-8-6-4-2/h8,10,14,16,20,22-23,25-26,28-29,31,43-44,47-48H,3-7,9,11-13,15,17-19,21,24,27,30,32-42H2,1-2H3,(H,51,52)/b10-8+,16-14+,22-20+,25-23+,28-26+,31-29+/t43-,44+/m0/s1. The molecule has 0 saturated heterocycles. The molecule has 0 aromatic heterocycles. The molecule has 0 aliphatic rings. The number of phosphoric acid groups is 1. The van der Waals surface area contributed by atoms with Gasteiger partial charge in [-0.05, 0) is 77.0 Å². The van der Waals surface area contributed by atoms with Crippen LogP contribution < -0.4 is 0 Å². The van der Waals surface area contributed by atoms with Gasteiger partial charge in [0.05, 0.1) is 19.8 Å². The third-order valence-corrected chi connectivity index (χ3v) is 9.77. The van der Waals surface area contributed by atoms with E-state index in [-0.39, 0.29) is 19.4 Å². The third kappa shape index (κ3) is 41.4. The van der Waals surface area contributed by atoms with Gasteiger partial charge in [-0.15, -0.1) is 0 Å². The maximum atomic E-state index is 12.6. The third-order valence-electron chi connectivity index (χ3n) is 8.81. The van der Waals surface area contributed by atoms with Crippen molar-refractivity contribution in [3.8, 4) is 0 Å². The van der Waals surface area contributed by atoms with E-state index in [4.69, 9.17) is 19.1 Å². The van der Waals surface area contributed by atoms with Crippen LogP contribution in [-0.2, 0) is 32.7 Å². The van der Waals surface area contributed by atoms with Crippen molar-refractivity contribution in [2.24, 2.45) is 0 Å². The van der Waals surface area contributed by atoms with Crippen LogP contribution in [0, 0.1) is 0 Å². The fourth-order valence-electron chi connectivity index (χ4n) is 5.43. The predicted octanol–water partition coefficient (Wildman–Crippen LogP) is 11.7. The first kappa shape index (κ1) is 54.4.